The van der Waals surface area contributed by atoms with Crippen molar-refractivity contribution in [2.75, 3.05) is 0 Å². The quantitative estimate of drug-likeness (QED) is 0.861. The summed E-state index contributed by atoms with van der Waals surface area (Å²) in [6, 6.07) is 2.12. The van der Waals surface area contributed by atoms with Gasteiger partial charge in [0.05, 0.1) is 11.8 Å². The number of hydrogen-bond donors (Lipinski definition) is 1. The summed E-state index contributed by atoms with van der Waals surface area (Å²) >= 11 is 6.23. The standard InChI is InChI=1S/C16H23ClN4O2/c1-9(2)13-12(17)15(20-8-19-13)23-11(5)14(22)21-16(6,7-18)10(3)4/h8-11H,1-6H3,(H,21,22). The molecule has 1 N–H and O–H groups in total. The van der Waals surface area contributed by atoms with E-state index in [1.54, 1.807) is 13.8 Å². The molecule has 23 heavy (non-hydrogen) atoms. The Morgan fingerprint density at radius 1 is 1.35 bits per heavy atom. The van der Waals surface area contributed by atoms with E-state index in [0.29, 0.717) is 10.7 Å². The smallest absolute Gasteiger partial charge is 0.262 e. The van der Waals surface area contributed by atoms with Crippen molar-refractivity contribution in [1.82, 2.24) is 15.3 Å². The van der Waals surface area contributed by atoms with E-state index in [9.17, 15) is 10.1 Å². The molecule has 0 saturated heterocycles. The van der Waals surface area contributed by atoms with E-state index in [1.807, 2.05) is 27.7 Å². The molecule has 6 nitrogen and oxygen atoms in total. The zero-order valence-electron chi connectivity index (χ0n) is 14.3. The summed E-state index contributed by atoms with van der Waals surface area (Å²) in [5, 5.41) is 12.3. The van der Waals surface area contributed by atoms with Gasteiger partial charge >= 0.3 is 0 Å². The van der Waals surface area contributed by atoms with Crippen LogP contribution in [0.25, 0.3) is 0 Å². The molecule has 0 aliphatic rings. The van der Waals surface area contributed by atoms with Gasteiger partial charge in [0.1, 0.15) is 16.9 Å². The second kappa shape index (κ2) is 7.60. The maximum absolute atomic E-state index is 12.3. The van der Waals surface area contributed by atoms with Crippen molar-refractivity contribution in [2.24, 2.45) is 5.92 Å². The Morgan fingerprint density at radius 2 is 1.96 bits per heavy atom. The number of ether oxygens (including phenoxy) is 1. The van der Waals surface area contributed by atoms with Gasteiger partial charge in [0.25, 0.3) is 5.91 Å². The van der Waals surface area contributed by atoms with Crippen LogP contribution in [-0.2, 0) is 4.79 Å². The van der Waals surface area contributed by atoms with Crippen molar-refractivity contribution in [3.8, 4) is 11.9 Å². The second-order valence-corrected chi connectivity index (χ2v) is 6.63. The van der Waals surface area contributed by atoms with Crippen LogP contribution in [-0.4, -0.2) is 27.5 Å². The van der Waals surface area contributed by atoms with Crippen molar-refractivity contribution >= 4 is 17.5 Å². The third-order valence-electron chi connectivity index (χ3n) is 3.76. The Balaban J connectivity index is 2.89. The normalized spacial score (nSPS) is 15.0. The first-order valence-electron chi connectivity index (χ1n) is 7.52. The summed E-state index contributed by atoms with van der Waals surface area (Å²) in [7, 11) is 0. The first-order valence-corrected chi connectivity index (χ1v) is 7.90. The average Bonchev–Trinajstić information content (AvgIpc) is 2.48. The zero-order chi connectivity index (χ0) is 17.8. The molecule has 0 aliphatic carbocycles. The van der Waals surface area contributed by atoms with E-state index in [4.69, 9.17) is 16.3 Å². The van der Waals surface area contributed by atoms with Crippen LogP contribution in [0.3, 0.4) is 0 Å². The lowest BCUT2D eigenvalue weighted by molar-refractivity contribution is -0.129. The fraction of sp³-hybridized carbons (Fsp3) is 0.625. The zero-order valence-corrected chi connectivity index (χ0v) is 15.1. The fourth-order valence-electron chi connectivity index (χ4n) is 1.73. The van der Waals surface area contributed by atoms with Gasteiger partial charge < -0.3 is 10.1 Å². The minimum atomic E-state index is -0.965. The number of carbonyl (C=O) groups is 1. The Hall–Kier alpha value is -1.87. The van der Waals surface area contributed by atoms with Crippen LogP contribution in [0.15, 0.2) is 6.33 Å². The van der Waals surface area contributed by atoms with Crippen LogP contribution in [0.5, 0.6) is 5.88 Å². The largest absolute Gasteiger partial charge is 0.463 e. The highest BCUT2D eigenvalue weighted by Gasteiger charge is 2.32. The third-order valence-corrected chi connectivity index (χ3v) is 4.11. The summed E-state index contributed by atoms with van der Waals surface area (Å²) in [6.45, 7) is 10.9. The molecular weight excluding hydrogens is 316 g/mol. The first kappa shape index (κ1) is 19.2. The number of rotatable bonds is 6. The predicted molar refractivity (Wildman–Crippen MR) is 88.2 cm³/mol. The van der Waals surface area contributed by atoms with E-state index >= 15 is 0 Å². The Bertz CT molecular complexity index is 613. The molecule has 2 atom stereocenters. The number of nitriles is 1. The topological polar surface area (TPSA) is 87.9 Å². The number of hydrogen-bond acceptors (Lipinski definition) is 5. The van der Waals surface area contributed by atoms with Crippen LogP contribution in [0.2, 0.25) is 5.02 Å². The van der Waals surface area contributed by atoms with E-state index < -0.39 is 17.6 Å². The summed E-state index contributed by atoms with van der Waals surface area (Å²) in [5.41, 5.74) is -0.305. The van der Waals surface area contributed by atoms with Crippen LogP contribution < -0.4 is 10.1 Å². The van der Waals surface area contributed by atoms with Gasteiger partial charge in [0.15, 0.2) is 6.10 Å². The molecule has 1 rings (SSSR count). The van der Waals surface area contributed by atoms with Crippen molar-refractivity contribution < 1.29 is 9.53 Å². The molecule has 0 aromatic carbocycles. The summed E-state index contributed by atoms with van der Waals surface area (Å²) < 4.78 is 5.56. The van der Waals surface area contributed by atoms with Gasteiger partial charge in [-0.2, -0.15) is 5.26 Å². The SMILES string of the molecule is CC(Oc1ncnc(C(C)C)c1Cl)C(=O)NC(C)(C#N)C(C)C. The van der Waals surface area contributed by atoms with Crippen molar-refractivity contribution in [3.63, 3.8) is 0 Å². The van der Waals surface area contributed by atoms with E-state index in [2.05, 4.69) is 21.4 Å². The number of amides is 1. The number of nitrogens with zero attached hydrogens (tertiary/aromatic N) is 3. The maximum Gasteiger partial charge on any atom is 0.262 e. The first-order chi connectivity index (χ1) is 10.6. The van der Waals surface area contributed by atoms with Gasteiger partial charge in [-0.15, -0.1) is 0 Å². The third kappa shape index (κ3) is 4.55. The maximum atomic E-state index is 12.3. The molecular formula is C16H23ClN4O2. The fourth-order valence-corrected chi connectivity index (χ4v) is 2.09. The van der Waals surface area contributed by atoms with Gasteiger partial charge in [-0.3, -0.25) is 4.79 Å². The summed E-state index contributed by atoms with van der Waals surface area (Å²) in [5.74, 6) is -0.168. The molecule has 0 fully saturated rings. The molecule has 1 aromatic heterocycles. The molecule has 0 aliphatic heterocycles. The molecule has 1 heterocycles. The van der Waals surface area contributed by atoms with Crippen molar-refractivity contribution in [1.29, 1.82) is 5.26 Å². The molecule has 2 unspecified atom stereocenters. The molecule has 0 radical (unpaired) electrons. The molecule has 1 aromatic rings. The second-order valence-electron chi connectivity index (χ2n) is 6.25. The average molecular weight is 339 g/mol. The highest BCUT2D eigenvalue weighted by molar-refractivity contribution is 6.32. The monoisotopic (exact) mass is 338 g/mol. The lowest BCUT2D eigenvalue weighted by atomic mass is 9.90. The number of halogens is 1. The molecule has 7 heteroatoms. The van der Waals surface area contributed by atoms with E-state index in [1.165, 1.54) is 6.33 Å². The van der Waals surface area contributed by atoms with Crippen molar-refractivity contribution in [2.45, 2.75) is 59.1 Å². The van der Waals surface area contributed by atoms with Gasteiger partial charge in [0, 0.05) is 0 Å². The lowest BCUT2D eigenvalue weighted by Gasteiger charge is -2.28. The van der Waals surface area contributed by atoms with Gasteiger partial charge in [0.2, 0.25) is 5.88 Å². The predicted octanol–water partition coefficient (Wildman–Crippen LogP) is 3.08. The number of aromatic nitrogens is 2. The van der Waals surface area contributed by atoms with Gasteiger partial charge in [-0.1, -0.05) is 39.3 Å². The number of carbonyl (C=O) groups excluding carboxylic acids is 1. The molecule has 126 valence electrons. The number of nitrogens with one attached hydrogen (secondary N) is 1. The highest BCUT2D eigenvalue weighted by Crippen LogP contribution is 2.29. The van der Waals surface area contributed by atoms with E-state index in [-0.39, 0.29) is 17.7 Å². The molecule has 0 bridgehead atoms. The Kier molecular flexibility index (Phi) is 6.34. The van der Waals surface area contributed by atoms with Crippen LogP contribution in [0, 0.1) is 17.2 Å². The Labute approximate surface area is 142 Å². The Morgan fingerprint density at radius 3 is 2.43 bits per heavy atom. The molecule has 0 spiro atoms. The highest BCUT2D eigenvalue weighted by atomic mass is 35.5. The molecule has 1 amide bonds. The minimum Gasteiger partial charge on any atom is -0.463 e. The van der Waals surface area contributed by atoms with Crippen LogP contribution >= 0.6 is 11.6 Å². The van der Waals surface area contributed by atoms with Crippen LogP contribution in [0.1, 0.15) is 53.2 Å². The summed E-state index contributed by atoms with van der Waals surface area (Å²) in [6.07, 6.45) is 0.517. The van der Waals surface area contributed by atoms with Gasteiger partial charge in [-0.05, 0) is 25.7 Å². The van der Waals surface area contributed by atoms with Crippen molar-refractivity contribution in [3.05, 3.63) is 17.0 Å². The van der Waals surface area contributed by atoms with E-state index in [0.717, 1.165) is 0 Å². The van der Waals surface area contributed by atoms with Gasteiger partial charge in [-0.25, -0.2) is 9.97 Å². The lowest BCUT2D eigenvalue weighted by Crippen LogP contribution is -2.52. The molecule has 0 saturated carbocycles. The minimum absolute atomic E-state index is 0.0427. The summed E-state index contributed by atoms with van der Waals surface area (Å²) in [4.78, 5) is 20.4. The van der Waals surface area contributed by atoms with Crippen LogP contribution in [0.4, 0.5) is 0 Å².